The Morgan fingerprint density at radius 1 is 1.08 bits per heavy atom. The maximum absolute atomic E-state index is 12.9. The van der Waals surface area contributed by atoms with Gasteiger partial charge in [0.2, 0.25) is 11.8 Å². The van der Waals surface area contributed by atoms with Crippen molar-refractivity contribution in [2.24, 2.45) is 0 Å². The molecule has 0 radical (unpaired) electrons. The number of likely N-dealkylation sites (tertiary alicyclic amines) is 1. The monoisotopic (exact) mass is 332 g/mol. The average molecular weight is 332 g/mol. The Kier molecular flexibility index (Phi) is 4.64. The van der Waals surface area contributed by atoms with E-state index in [2.05, 4.69) is 5.32 Å². The van der Waals surface area contributed by atoms with E-state index in [1.165, 1.54) is 24.3 Å². The van der Waals surface area contributed by atoms with Crippen molar-refractivity contribution in [3.63, 3.8) is 0 Å². The van der Waals surface area contributed by atoms with Gasteiger partial charge >= 0.3 is 0 Å². The van der Waals surface area contributed by atoms with Crippen LogP contribution >= 0.6 is 0 Å². The van der Waals surface area contributed by atoms with Gasteiger partial charge in [0, 0.05) is 43.5 Å². The summed E-state index contributed by atoms with van der Waals surface area (Å²) in [5, 5.41) is 3.04. The van der Waals surface area contributed by atoms with Crippen molar-refractivity contribution in [2.75, 3.05) is 13.1 Å². The molecular weight excluding hydrogens is 311 g/mol. The van der Waals surface area contributed by atoms with E-state index in [1.54, 1.807) is 4.90 Å². The summed E-state index contributed by atoms with van der Waals surface area (Å²) < 4.78 is 12.9. The van der Waals surface area contributed by atoms with E-state index in [0.717, 1.165) is 19.3 Å². The number of ketones is 1. The van der Waals surface area contributed by atoms with Crippen molar-refractivity contribution in [1.82, 2.24) is 10.2 Å². The molecule has 1 aromatic carbocycles. The Balaban J connectivity index is 1.47. The first-order valence-electron chi connectivity index (χ1n) is 8.35. The molecule has 1 spiro atoms. The third-order valence-corrected chi connectivity index (χ3v) is 5.04. The van der Waals surface area contributed by atoms with Crippen LogP contribution in [-0.2, 0) is 9.59 Å². The van der Waals surface area contributed by atoms with E-state index in [9.17, 15) is 18.8 Å². The van der Waals surface area contributed by atoms with Crippen LogP contribution in [0, 0.1) is 5.82 Å². The largest absolute Gasteiger partial charge is 0.351 e. The van der Waals surface area contributed by atoms with Crippen LogP contribution in [0.1, 0.15) is 48.9 Å². The van der Waals surface area contributed by atoms with Gasteiger partial charge in [0.1, 0.15) is 5.82 Å². The second-order valence-electron chi connectivity index (χ2n) is 6.64. The van der Waals surface area contributed by atoms with Crippen LogP contribution in [0.5, 0.6) is 0 Å². The SMILES string of the molecule is O=C1CCC2(CCN(C(=O)CCC(=O)c3ccc(F)cc3)CC2)N1. The highest BCUT2D eigenvalue weighted by molar-refractivity contribution is 5.97. The molecule has 0 aliphatic carbocycles. The number of carbonyl (C=O) groups is 3. The summed E-state index contributed by atoms with van der Waals surface area (Å²) in [5.41, 5.74) is 0.299. The minimum Gasteiger partial charge on any atom is -0.351 e. The zero-order valence-electron chi connectivity index (χ0n) is 13.5. The molecule has 2 aliphatic rings. The van der Waals surface area contributed by atoms with Gasteiger partial charge in [0.15, 0.2) is 5.78 Å². The van der Waals surface area contributed by atoms with Crippen molar-refractivity contribution in [3.8, 4) is 0 Å². The van der Waals surface area contributed by atoms with Crippen molar-refractivity contribution < 1.29 is 18.8 Å². The first kappa shape index (κ1) is 16.6. The Morgan fingerprint density at radius 2 is 1.75 bits per heavy atom. The fourth-order valence-corrected chi connectivity index (χ4v) is 3.49. The van der Waals surface area contributed by atoms with E-state index in [4.69, 9.17) is 0 Å². The molecule has 24 heavy (non-hydrogen) atoms. The quantitative estimate of drug-likeness (QED) is 0.858. The van der Waals surface area contributed by atoms with Crippen molar-refractivity contribution >= 4 is 17.6 Å². The number of nitrogens with zero attached hydrogens (tertiary/aromatic N) is 1. The molecule has 5 nitrogen and oxygen atoms in total. The Bertz CT molecular complexity index is 649. The van der Waals surface area contributed by atoms with Crippen molar-refractivity contribution in [2.45, 2.75) is 44.1 Å². The van der Waals surface area contributed by atoms with E-state index in [-0.39, 0.29) is 41.8 Å². The summed E-state index contributed by atoms with van der Waals surface area (Å²) in [5.74, 6) is -0.479. The molecule has 0 aromatic heterocycles. The topological polar surface area (TPSA) is 66.5 Å². The zero-order chi connectivity index (χ0) is 17.2. The van der Waals surface area contributed by atoms with Crippen LogP contribution in [0.15, 0.2) is 24.3 Å². The van der Waals surface area contributed by atoms with E-state index >= 15 is 0 Å². The number of halogens is 1. The molecule has 0 atom stereocenters. The molecule has 0 unspecified atom stereocenters. The normalized spacial score (nSPS) is 19.4. The van der Waals surface area contributed by atoms with Gasteiger partial charge in [-0.2, -0.15) is 0 Å². The number of amides is 2. The number of nitrogens with one attached hydrogen (secondary N) is 1. The van der Waals surface area contributed by atoms with Crippen LogP contribution in [-0.4, -0.2) is 41.1 Å². The molecule has 128 valence electrons. The molecule has 2 saturated heterocycles. The summed E-state index contributed by atoms with van der Waals surface area (Å²) in [6, 6.07) is 5.37. The Labute approximate surface area is 140 Å². The lowest BCUT2D eigenvalue weighted by molar-refractivity contribution is -0.132. The molecule has 2 aliphatic heterocycles. The molecule has 2 amide bonds. The van der Waals surface area contributed by atoms with Gasteiger partial charge in [-0.05, 0) is 43.5 Å². The summed E-state index contributed by atoms with van der Waals surface area (Å²) in [6.45, 7) is 1.23. The second kappa shape index (κ2) is 6.71. The maximum atomic E-state index is 12.9. The first-order valence-corrected chi connectivity index (χ1v) is 8.35. The summed E-state index contributed by atoms with van der Waals surface area (Å²) in [4.78, 5) is 37.5. The highest BCUT2D eigenvalue weighted by Crippen LogP contribution is 2.31. The summed E-state index contributed by atoms with van der Waals surface area (Å²) in [6.07, 6.45) is 3.25. The van der Waals surface area contributed by atoms with Gasteiger partial charge in [-0.1, -0.05) is 0 Å². The first-order chi connectivity index (χ1) is 11.5. The number of hydrogen-bond acceptors (Lipinski definition) is 3. The van der Waals surface area contributed by atoms with E-state index in [1.807, 2.05) is 0 Å². The van der Waals surface area contributed by atoms with Crippen LogP contribution < -0.4 is 5.32 Å². The molecule has 6 heteroatoms. The van der Waals surface area contributed by atoms with Crippen molar-refractivity contribution in [1.29, 1.82) is 0 Å². The third-order valence-electron chi connectivity index (χ3n) is 5.04. The molecule has 3 rings (SSSR count). The minimum atomic E-state index is -0.385. The Hall–Kier alpha value is -2.24. The zero-order valence-corrected chi connectivity index (χ0v) is 13.5. The standard InChI is InChI=1S/C18H21FN2O3/c19-14-3-1-13(2-4-14)15(22)5-6-17(24)21-11-9-18(10-12-21)8-7-16(23)20-18/h1-4H,5-12H2,(H,20,23). The molecule has 2 fully saturated rings. The molecule has 0 bridgehead atoms. The number of hydrogen-bond donors (Lipinski definition) is 1. The lowest BCUT2D eigenvalue weighted by atomic mass is 9.86. The molecule has 1 N–H and O–H groups in total. The van der Waals surface area contributed by atoms with Crippen LogP contribution in [0.25, 0.3) is 0 Å². The van der Waals surface area contributed by atoms with Gasteiger partial charge < -0.3 is 10.2 Å². The highest BCUT2D eigenvalue weighted by atomic mass is 19.1. The number of benzene rings is 1. The smallest absolute Gasteiger partial charge is 0.223 e. The minimum absolute atomic E-state index is 0.0374. The Morgan fingerprint density at radius 3 is 2.33 bits per heavy atom. The molecule has 1 aromatic rings. The number of Topliss-reactive ketones (excluding diaryl/α,β-unsaturated/α-hetero) is 1. The fraction of sp³-hybridized carbons (Fsp3) is 0.500. The second-order valence-corrected chi connectivity index (χ2v) is 6.64. The number of rotatable bonds is 4. The number of carbonyl (C=O) groups excluding carboxylic acids is 3. The summed E-state index contributed by atoms with van der Waals surface area (Å²) >= 11 is 0. The van der Waals surface area contributed by atoms with Gasteiger partial charge in [-0.3, -0.25) is 14.4 Å². The lowest BCUT2D eigenvalue weighted by Crippen LogP contribution is -2.52. The van der Waals surface area contributed by atoms with E-state index < -0.39 is 0 Å². The third kappa shape index (κ3) is 3.63. The van der Waals surface area contributed by atoms with Gasteiger partial charge in [0.05, 0.1) is 0 Å². The predicted octanol–water partition coefficient (Wildman–Crippen LogP) is 2.06. The summed E-state index contributed by atoms with van der Waals surface area (Å²) in [7, 11) is 0. The van der Waals surface area contributed by atoms with Crippen LogP contribution in [0.2, 0.25) is 0 Å². The maximum Gasteiger partial charge on any atom is 0.223 e. The number of piperidine rings is 1. The van der Waals surface area contributed by atoms with Gasteiger partial charge in [-0.15, -0.1) is 0 Å². The average Bonchev–Trinajstić information content (AvgIpc) is 2.94. The van der Waals surface area contributed by atoms with Crippen LogP contribution in [0.3, 0.4) is 0 Å². The van der Waals surface area contributed by atoms with Gasteiger partial charge in [-0.25, -0.2) is 4.39 Å². The molecule has 0 saturated carbocycles. The fourth-order valence-electron chi connectivity index (χ4n) is 3.49. The molecule has 2 heterocycles. The molecular formula is C18H21FN2O3. The van der Waals surface area contributed by atoms with Gasteiger partial charge in [0.25, 0.3) is 0 Å². The predicted molar refractivity (Wildman–Crippen MR) is 85.9 cm³/mol. The van der Waals surface area contributed by atoms with Crippen molar-refractivity contribution in [3.05, 3.63) is 35.6 Å². The van der Waals surface area contributed by atoms with E-state index in [0.29, 0.717) is 25.1 Å². The lowest BCUT2D eigenvalue weighted by Gasteiger charge is -2.39. The highest BCUT2D eigenvalue weighted by Gasteiger charge is 2.40. The van der Waals surface area contributed by atoms with Crippen LogP contribution in [0.4, 0.5) is 4.39 Å².